The average Bonchev–Trinajstić information content (AvgIpc) is 2.43. The summed E-state index contributed by atoms with van der Waals surface area (Å²) < 4.78 is 5.92. The zero-order valence-electron chi connectivity index (χ0n) is 12.0. The van der Waals surface area contributed by atoms with E-state index in [-0.39, 0.29) is 0 Å². The largest absolute Gasteiger partial charge is 0.375 e. The van der Waals surface area contributed by atoms with E-state index in [4.69, 9.17) is 4.74 Å². The van der Waals surface area contributed by atoms with Crippen molar-refractivity contribution in [1.82, 2.24) is 10.2 Å². The molecule has 2 unspecified atom stereocenters. The minimum atomic E-state index is 0.553. The molecule has 0 aromatic heterocycles. The minimum Gasteiger partial charge on any atom is -0.375 e. The highest BCUT2D eigenvalue weighted by molar-refractivity contribution is 4.87. The van der Waals surface area contributed by atoms with E-state index in [1.807, 2.05) is 7.05 Å². The van der Waals surface area contributed by atoms with Gasteiger partial charge < -0.3 is 10.1 Å². The third-order valence-electron chi connectivity index (χ3n) is 4.47. The Morgan fingerprint density at radius 1 is 1.11 bits per heavy atom. The van der Waals surface area contributed by atoms with E-state index in [9.17, 15) is 0 Å². The van der Waals surface area contributed by atoms with Crippen molar-refractivity contribution in [3.63, 3.8) is 0 Å². The number of fused-ring (bicyclic) bond motifs is 1. The molecule has 2 atom stereocenters. The normalized spacial score (nSPS) is 29.2. The second kappa shape index (κ2) is 8.13. The molecule has 3 nitrogen and oxygen atoms in total. The number of morpholine rings is 1. The van der Waals surface area contributed by atoms with Gasteiger partial charge in [-0.3, -0.25) is 4.90 Å². The number of hydrogen-bond donors (Lipinski definition) is 1. The van der Waals surface area contributed by atoms with Crippen LogP contribution < -0.4 is 5.32 Å². The first-order valence-electron chi connectivity index (χ1n) is 7.92. The van der Waals surface area contributed by atoms with Crippen LogP contribution in [-0.4, -0.2) is 50.3 Å². The van der Waals surface area contributed by atoms with Crippen molar-refractivity contribution in [2.24, 2.45) is 0 Å². The van der Waals surface area contributed by atoms with Crippen LogP contribution in [0.3, 0.4) is 0 Å². The second-order valence-corrected chi connectivity index (χ2v) is 5.81. The van der Waals surface area contributed by atoms with E-state index in [1.54, 1.807) is 0 Å². The van der Waals surface area contributed by atoms with E-state index in [2.05, 4.69) is 10.2 Å². The first kappa shape index (κ1) is 14.3. The van der Waals surface area contributed by atoms with Crippen LogP contribution in [0.15, 0.2) is 0 Å². The third kappa shape index (κ3) is 4.22. The Hall–Kier alpha value is -0.120. The molecule has 0 spiro atoms. The Bertz CT molecular complexity index is 221. The maximum absolute atomic E-state index is 5.92. The summed E-state index contributed by atoms with van der Waals surface area (Å²) in [6.45, 7) is 4.59. The van der Waals surface area contributed by atoms with Crippen molar-refractivity contribution in [2.75, 3.05) is 33.3 Å². The molecule has 0 radical (unpaired) electrons. The predicted molar refractivity (Wildman–Crippen MR) is 76.0 cm³/mol. The van der Waals surface area contributed by atoms with Crippen molar-refractivity contribution in [2.45, 2.75) is 63.5 Å². The first-order valence-corrected chi connectivity index (χ1v) is 7.92. The maximum atomic E-state index is 5.92. The van der Waals surface area contributed by atoms with Gasteiger partial charge in [0.15, 0.2) is 0 Å². The quantitative estimate of drug-likeness (QED) is 0.706. The molecule has 1 N–H and O–H groups in total. The Balaban J connectivity index is 1.62. The molecule has 1 saturated heterocycles. The molecule has 2 rings (SSSR count). The van der Waals surface area contributed by atoms with Gasteiger partial charge in [-0.1, -0.05) is 25.7 Å². The minimum absolute atomic E-state index is 0.553. The van der Waals surface area contributed by atoms with Crippen LogP contribution in [-0.2, 0) is 4.74 Å². The predicted octanol–water partition coefficient (Wildman–Crippen LogP) is 2.41. The molecular formula is C15H30N2O. The SMILES string of the molecule is CNCCCCCCN1CCOC2CCCCC21. The molecule has 1 heterocycles. The fourth-order valence-corrected chi connectivity index (χ4v) is 3.42. The molecule has 2 fully saturated rings. The summed E-state index contributed by atoms with van der Waals surface area (Å²) in [4.78, 5) is 2.71. The van der Waals surface area contributed by atoms with Crippen molar-refractivity contribution in [3.05, 3.63) is 0 Å². The van der Waals surface area contributed by atoms with Gasteiger partial charge in [0.2, 0.25) is 0 Å². The Morgan fingerprint density at radius 2 is 1.94 bits per heavy atom. The summed E-state index contributed by atoms with van der Waals surface area (Å²) in [5.41, 5.74) is 0. The summed E-state index contributed by atoms with van der Waals surface area (Å²) in [6.07, 6.45) is 11.4. The van der Waals surface area contributed by atoms with Crippen LogP contribution in [0.1, 0.15) is 51.4 Å². The molecule has 18 heavy (non-hydrogen) atoms. The molecule has 106 valence electrons. The molecule has 0 amide bonds. The second-order valence-electron chi connectivity index (χ2n) is 5.81. The van der Waals surface area contributed by atoms with Crippen LogP contribution in [0.5, 0.6) is 0 Å². The van der Waals surface area contributed by atoms with Crippen LogP contribution in [0.25, 0.3) is 0 Å². The molecule has 2 aliphatic rings. The summed E-state index contributed by atoms with van der Waals surface area (Å²) in [5, 5.41) is 3.22. The standard InChI is InChI=1S/C15H30N2O/c1-16-10-6-2-3-7-11-17-12-13-18-15-9-5-4-8-14(15)17/h14-16H,2-13H2,1H3. The van der Waals surface area contributed by atoms with Gasteiger partial charge in [-0.05, 0) is 45.8 Å². The van der Waals surface area contributed by atoms with E-state index in [0.717, 1.165) is 19.2 Å². The fourth-order valence-electron chi connectivity index (χ4n) is 3.42. The zero-order valence-corrected chi connectivity index (χ0v) is 12.0. The third-order valence-corrected chi connectivity index (χ3v) is 4.47. The lowest BCUT2D eigenvalue weighted by atomic mass is 9.90. The highest BCUT2D eigenvalue weighted by Crippen LogP contribution is 2.28. The lowest BCUT2D eigenvalue weighted by Crippen LogP contribution is -2.52. The molecule has 0 aromatic carbocycles. The summed E-state index contributed by atoms with van der Waals surface area (Å²) in [6, 6.07) is 0.741. The summed E-state index contributed by atoms with van der Waals surface area (Å²) in [7, 11) is 2.04. The van der Waals surface area contributed by atoms with Gasteiger partial charge in [-0.2, -0.15) is 0 Å². The summed E-state index contributed by atoms with van der Waals surface area (Å²) >= 11 is 0. The van der Waals surface area contributed by atoms with Crippen LogP contribution in [0, 0.1) is 0 Å². The number of nitrogens with zero attached hydrogens (tertiary/aromatic N) is 1. The number of ether oxygens (including phenoxy) is 1. The number of nitrogens with one attached hydrogen (secondary N) is 1. The number of unbranched alkanes of at least 4 members (excludes halogenated alkanes) is 3. The van der Waals surface area contributed by atoms with Crippen molar-refractivity contribution < 1.29 is 4.74 Å². The van der Waals surface area contributed by atoms with E-state index in [1.165, 1.54) is 64.5 Å². The van der Waals surface area contributed by atoms with Crippen molar-refractivity contribution >= 4 is 0 Å². The molecule has 3 heteroatoms. The number of rotatable bonds is 7. The highest BCUT2D eigenvalue weighted by atomic mass is 16.5. The van der Waals surface area contributed by atoms with E-state index < -0.39 is 0 Å². The van der Waals surface area contributed by atoms with Gasteiger partial charge in [0.25, 0.3) is 0 Å². The van der Waals surface area contributed by atoms with Gasteiger partial charge in [0, 0.05) is 12.6 Å². The van der Waals surface area contributed by atoms with Crippen LogP contribution in [0.4, 0.5) is 0 Å². The van der Waals surface area contributed by atoms with Gasteiger partial charge in [0.05, 0.1) is 12.7 Å². The zero-order chi connectivity index (χ0) is 12.6. The van der Waals surface area contributed by atoms with Crippen LogP contribution >= 0.6 is 0 Å². The van der Waals surface area contributed by atoms with E-state index >= 15 is 0 Å². The monoisotopic (exact) mass is 254 g/mol. The Morgan fingerprint density at radius 3 is 2.83 bits per heavy atom. The van der Waals surface area contributed by atoms with E-state index in [0.29, 0.717) is 6.10 Å². The average molecular weight is 254 g/mol. The molecular weight excluding hydrogens is 224 g/mol. The number of hydrogen-bond acceptors (Lipinski definition) is 3. The lowest BCUT2D eigenvalue weighted by Gasteiger charge is -2.43. The Kier molecular flexibility index (Phi) is 6.46. The first-order chi connectivity index (χ1) is 8.92. The molecule has 0 aromatic rings. The van der Waals surface area contributed by atoms with Gasteiger partial charge in [-0.15, -0.1) is 0 Å². The van der Waals surface area contributed by atoms with Gasteiger partial charge in [0.1, 0.15) is 0 Å². The molecule has 0 bridgehead atoms. The molecule has 1 aliphatic carbocycles. The maximum Gasteiger partial charge on any atom is 0.0730 e. The lowest BCUT2D eigenvalue weighted by molar-refractivity contribution is -0.0882. The van der Waals surface area contributed by atoms with Gasteiger partial charge in [-0.25, -0.2) is 0 Å². The topological polar surface area (TPSA) is 24.5 Å². The van der Waals surface area contributed by atoms with Gasteiger partial charge >= 0.3 is 0 Å². The van der Waals surface area contributed by atoms with Crippen molar-refractivity contribution in [1.29, 1.82) is 0 Å². The van der Waals surface area contributed by atoms with Crippen LogP contribution in [0.2, 0.25) is 0 Å². The molecule has 1 aliphatic heterocycles. The Labute approximate surface area is 112 Å². The highest BCUT2D eigenvalue weighted by Gasteiger charge is 2.33. The van der Waals surface area contributed by atoms with Crippen molar-refractivity contribution in [3.8, 4) is 0 Å². The smallest absolute Gasteiger partial charge is 0.0730 e. The molecule has 1 saturated carbocycles. The summed E-state index contributed by atoms with van der Waals surface area (Å²) in [5.74, 6) is 0. The fraction of sp³-hybridized carbons (Fsp3) is 1.00.